The van der Waals surface area contributed by atoms with E-state index in [-0.39, 0.29) is 18.2 Å². The molecular weight excluding hydrogens is 228 g/mol. The Morgan fingerprint density at radius 2 is 2.12 bits per heavy atom. The fourth-order valence-electron chi connectivity index (χ4n) is 1.45. The van der Waals surface area contributed by atoms with E-state index in [1.54, 1.807) is 13.8 Å². The van der Waals surface area contributed by atoms with Gasteiger partial charge in [0.25, 0.3) is 0 Å². The van der Waals surface area contributed by atoms with E-state index in [1.165, 1.54) is 12.1 Å². The van der Waals surface area contributed by atoms with Crippen molar-refractivity contribution >= 4 is 11.7 Å². The number of hydrogen-bond acceptors (Lipinski definition) is 2. The highest BCUT2D eigenvalue weighted by Gasteiger charge is 2.14. The van der Waals surface area contributed by atoms with Gasteiger partial charge in [0.05, 0.1) is 0 Å². The predicted molar refractivity (Wildman–Crippen MR) is 61.0 cm³/mol. The predicted octanol–water partition coefficient (Wildman–Crippen LogP) is 2.94. The fourth-order valence-corrected chi connectivity index (χ4v) is 1.45. The normalized spacial score (nSPS) is 12.2. The van der Waals surface area contributed by atoms with E-state index in [9.17, 15) is 13.6 Å². The van der Waals surface area contributed by atoms with E-state index < -0.39 is 17.6 Å². The Labute approximate surface area is 98.5 Å². The average Bonchev–Trinajstić information content (AvgIpc) is 2.27. The number of benzene rings is 1. The average molecular weight is 243 g/mol. The van der Waals surface area contributed by atoms with Crippen LogP contribution in [0.5, 0.6) is 0 Å². The number of carboxylic acids is 1. The smallest absolute Gasteiger partial charge is 0.303 e. The molecule has 0 radical (unpaired) electrons. The van der Waals surface area contributed by atoms with Crippen LogP contribution in [0.1, 0.15) is 25.3 Å². The van der Waals surface area contributed by atoms with Crippen molar-refractivity contribution in [2.75, 3.05) is 5.32 Å². The molecule has 0 aliphatic rings. The summed E-state index contributed by atoms with van der Waals surface area (Å²) in [5, 5.41) is 11.2. The molecule has 17 heavy (non-hydrogen) atoms. The van der Waals surface area contributed by atoms with Crippen molar-refractivity contribution < 1.29 is 18.7 Å². The largest absolute Gasteiger partial charge is 0.481 e. The van der Waals surface area contributed by atoms with Crippen LogP contribution in [-0.2, 0) is 4.79 Å². The highest BCUT2D eigenvalue weighted by atomic mass is 19.1. The number of aliphatic carboxylic acids is 1. The number of nitrogens with one attached hydrogen (secondary N) is 1. The van der Waals surface area contributed by atoms with Gasteiger partial charge >= 0.3 is 5.97 Å². The molecular formula is C12H15F2NO2. The van der Waals surface area contributed by atoms with Crippen LogP contribution >= 0.6 is 0 Å². The van der Waals surface area contributed by atoms with Gasteiger partial charge in [-0.15, -0.1) is 0 Å². The topological polar surface area (TPSA) is 49.3 Å². The van der Waals surface area contributed by atoms with E-state index in [0.717, 1.165) is 0 Å². The summed E-state index contributed by atoms with van der Waals surface area (Å²) in [6.07, 6.45) is 0.269. The van der Waals surface area contributed by atoms with Crippen LogP contribution in [-0.4, -0.2) is 17.1 Å². The minimum Gasteiger partial charge on any atom is -0.481 e. The molecule has 3 nitrogen and oxygen atoms in total. The molecule has 0 bridgehead atoms. The second-order valence-electron chi connectivity index (χ2n) is 4.03. The van der Waals surface area contributed by atoms with Gasteiger partial charge in [-0.05, 0) is 31.9 Å². The van der Waals surface area contributed by atoms with E-state index in [1.807, 2.05) is 0 Å². The lowest BCUT2D eigenvalue weighted by Crippen LogP contribution is -2.18. The minimum absolute atomic E-state index is 0.0385. The third-order valence-electron chi connectivity index (χ3n) is 2.47. The first-order chi connectivity index (χ1) is 7.91. The Hall–Kier alpha value is -1.65. The fraction of sp³-hybridized carbons (Fsp3) is 0.417. The Kier molecular flexibility index (Phi) is 4.43. The molecule has 0 spiro atoms. The zero-order valence-electron chi connectivity index (χ0n) is 9.76. The summed E-state index contributed by atoms with van der Waals surface area (Å²) >= 11 is 0. The van der Waals surface area contributed by atoms with Crippen molar-refractivity contribution in [3.05, 3.63) is 29.3 Å². The lowest BCUT2D eigenvalue weighted by atomic mass is 10.1. The first-order valence-corrected chi connectivity index (χ1v) is 5.34. The maximum absolute atomic E-state index is 13.6. The molecule has 0 aliphatic heterocycles. The molecule has 0 fully saturated rings. The number of aryl methyl sites for hydroxylation is 1. The molecule has 0 saturated carbocycles. The maximum atomic E-state index is 13.6. The van der Waals surface area contributed by atoms with Crippen LogP contribution < -0.4 is 5.32 Å². The SMILES string of the molecule is Cc1ccc(F)c(NC(C)CCC(=O)O)c1F. The number of anilines is 1. The standard InChI is InChI=1S/C12H15F2NO2/c1-7-3-5-9(13)12(11(7)14)15-8(2)4-6-10(16)17/h3,5,8,15H,4,6H2,1-2H3,(H,16,17). The summed E-state index contributed by atoms with van der Waals surface area (Å²) < 4.78 is 27.0. The molecule has 1 rings (SSSR count). The maximum Gasteiger partial charge on any atom is 0.303 e. The number of rotatable bonds is 5. The summed E-state index contributed by atoms with van der Waals surface area (Å²) in [6, 6.07) is 2.24. The van der Waals surface area contributed by atoms with Crippen molar-refractivity contribution in [1.29, 1.82) is 0 Å². The van der Waals surface area contributed by atoms with E-state index in [4.69, 9.17) is 5.11 Å². The van der Waals surface area contributed by atoms with Gasteiger partial charge in [-0.1, -0.05) is 6.07 Å². The monoisotopic (exact) mass is 243 g/mol. The second kappa shape index (κ2) is 5.61. The van der Waals surface area contributed by atoms with Crippen LogP contribution in [0.2, 0.25) is 0 Å². The first kappa shape index (κ1) is 13.4. The van der Waals surface area contributed by atoms with Crippen molar-refractivity contribution in [1.82, 2.24) is 0 Å². The molecule has 1 aromatic carbocycles. The zero-order chi connectivity index (χ0) is 13.0. The summed E-state index contributed by atoms with van der Waals surface area (Å²) in [6.45, 7) is 3.23. The van der Waals surface area contributed by atoms with Gasteiger partial charge in [0.2, 0.25) is 0 Å². The number of carbonyl (C=O) groups is 1. The van der Waals surface area contributed by atoms with Crippen LogP contribution in [0.15, 0.2) is 12.1 Å². The Bertz CT molecular complexity index is 421. The second-order valence-corrected chi connectivity index (χ2v) is 4.03. The molecule has 0 saturated heterocycles. The zero-order valence-corrected chi connectivity index (χ0v) is 9.76. The number of carboxylic acid groups (broad SMARTS) is 1. The molecule has 94 valence electrons. The van der Waals surface area contributed by atoms with Gasteiger partial charge in [-0.3, -0.25) is 4.79 Å². The Balaban J connectivity index is 2.74. The molecule has 0 aliphatic carbocycles. The number of halogens is 2. The van der Waals surface area contributed by atoms with Crippen LogP contribution in [0.25, 0.3) is 0 Å². The van der Waals surface area contributed by atoms with Gasteiger partial charge in [0.1, 0.15) is 11.5 Å². The molecule has 1 atom stereocenters. The summed E-state index contributed by atoms with van der Waals surface area (Å²) in [5.41, 5.74) is 0.155. The van der Waals surface area contributed by atoms with E-state index in [2.05, 4.69) is 5.32 Å². The summed E-state index contributed by atoms with van der Waals surface area (Å²) in [7, 11) is 0. The van der Waals surface area contributed by atoms with Crippen LogP contribution in [0, 0.1) is 18.6 Å². The van der Waals surface area contributed by atoms with Crippen molar-refractivity contribution in [2.45, 2.75) is 32.7 Å². The molecule has 5 heteroatoms. The summed E-state index contributed by atoms with van der Waals surface area (Å²) in [5.74, 6) is -2.23. The Morgan fingerprint density at radius 1 is 1.47 bits per heavy atom. The highest BCUT2D eigenvalue weighted by Crippen LogP contribution is 2.22. The first-order valence-electron chi connectivity index (χ1n) is 5.34. The van der Waals surface area contributed by atoms with Gasteiger partial charge in [-0.2, -0.15) is 0 Å². The molecule has 0 heterocycles. The third-order valence-corrected chi connectivity index (χ3v) is 2.47. The molecule has 1 unspecified atom stereocenters. The van der Waals surface area contributed by atoms with Gasteiger partial charge < -0.3 is 10.4 Å². The quantitative estimate of drug-likeness (QED) is 0.835. The highest BCUT2D eigenvalue weighted by molar-refractivity contribution is 5.66. The lowest BCUT2D eigenvalue weighted by molar-refractivity contribution is -0.137. The molecule has 2 N–H and O–H groups in total. The molecule has 0 amide bonds. The third kappa shape index (κ3) is 3.69. The van der Waals surface area contributed by atoms with E-state index >= 15 is 0 Å². The van der Waals surface area contributed by atoms with Crippen molar-refractivity contribution in [3.63, 3.8) is 0 Å². The van der Waals surface area contributed by atoms with Gasteiger partial charge in [-0.25, -0.2) is 8.78 Å². The summed E-state index contributed by atoms with van der Waals surface area (Å²) in [4.78, 5) is 10.4. The van der Waals surface area contributed by atoms with Crippen molar-refractivity contribution in [3.8, 4) is 0 Å². The van der Waals surface area contributed by atoms with Gasteiger partial charge in [0, 0.05) is 12.5 Å². The Morgan fingerprint density at radius 3 is 2.71 bits per heavy atom. The lowest BCUT2D eigenvalue weighted by Gasteiger charge is -2.16. The van der Waals surface area contributed by atoms with Crippen LogP contribution in [0.3, 0.4) is 0 Å². The van der Waals surface area contributed by atoms with Gasteiger partial charge in [0.15, 0.2) is 5.82 Å². The molecule has 1 aromatic rings. The van der Waals surface area contributed by atoms with Crippen LogP contribution in [0.4, 0.5) is 14.5 Å². The van der Waals surface area contributed by atoms with Crippen molar-refractivity contribution in [2.24, 2.45) is 0 Å². The minimum atomic E-state index is -0.927. The number of hydrogen-bond donors (Lipinski definition) is 2. The van der Waals surface area contributed by atoms with E-state index in [0.29, 0.717) is 12.0 Å². The molecule has 0 aromatic heterocycles.